The summed E-state index contributed by atoms with van der Waals surface area (Å²) in [6, 6.07) is 6.77. The molecule has 0 bridgehead atoms. The van der Waals surface area contributed by atoms with Crippen LogP contribution < -0.4 is 15.0 Å². The third kappa shape index (κ3) is 3.01. The Morgan fingerprint density at radius 2 is 2.04 bits per heavy atom. The first kappa shape index (κ1) is 16.4. The maximum atomic E-state index is 11.7. The molecule has 0 saturated carbocycles. The normalized spacial score (nSPS) is 15.1. The summed E-state index contributed by atoms with van der Waals surface area (Å²) in [6.07, 6.45) is 1.99. The number of hydrogen-bond donors (Lipinski definition) is 1. The highest BCUT2D eigenvalue weighted by atomic mass is 16.6. The van der Waals surface area contributed by atoms with Crippen molar-refractivity contribution in [3.05, 3.63) is 68.1 Å². The van der Waals surface area contributed by atoms with Crippen molar-refractivity contribution in [2.75, 3.05) is 0 Å². The monoisotopic (exact) mass is 342 g/mol. The van der Waals surface area contributed by atoms with Gasteiger partial charge in [-0.1, -0.05) is 0 Å². The zero-order valence-electron chi connectivity index (χ0n) is 13.4. The minimum absolute atomic E-state index is 0.121. The van der Waals surface area contributed by atoms with Crippen molar-refractivity contribution < 1.29 is 19.2 Å². The van der Waals surface area contributed by atoms with Gasteiger partial charge in [-0.2, -0.15) is 0 Å². The van der Waals surface area contributed by atoms with Gasteiger partial charge in [0.05, 0.1) is 16.1 Å². The van der Waals surface area contributed by atoms with Crippen LogP contribution in [-0.2, 0) is 4.79 Å². The first-order chi connectivity index (χ1) is 11.8. The van der Waals surface area contributed by atoms with Crippen LogP contribution in [0, 0.1) is 10.1 Å². The van der Waals surface area contributed by atoms with E-state index in [2.05, 4.69) is 4.98 Å². The molecule has 1 aromatic heterocycles. The minimum Gasteiger partial charge on any atom is -0.482 e. The van der Waals surface area contributed by atoms with Crippen LogP contribution in [0.4, 0.5) is 5.69 Å². The van der Waals surface area contributed by atoms with Crippen LogP contribution in [0.5, 0.6) is 11.5 Å². The number of aromatic amines is 1. The molecule has 1 aliphatic heterocycles. The van der Waals surface area contributed by atoms with Gasteiger partial charge < -0.3 is 14.5 Å². The highest BCUT2D eigenvalue weighted by molar-refractivity contribution is 5.91. The molecule has 1 aliphatic rings. The number of nitro groups is 1. The summed E-state index contributed by atoms with van der Waals surface area (Å²) in [5, 5.41) is 11.1. The van der Waals surface area contributed by atoms with E-state index < -0.39 is 10.5 Å². The summed E-state index contributed by atoms with van der Waals surface area (Å²) in [5.41, 5.74) is -1.09. The predicted octanol–water partition coefficient (Wildman–Crippen LogP) is 2.44. The molecule has 2 aromatic rings. The average molecular weight is 342 g/mol. The van der Waals surface area contributed by atoms with Crippen LogP contribution in [0.2, 0.25) is 0 Å². The number of ether oxygens (including phenoxy) is 2. The standard InChI is InChI=1S/C17H14N2O6/c1-17(2)13(9-20)16(24-11-5-6-18-15(21)8-11)12-7-10(19(22)23)3-4-14(12)25-17/h3-9H,1-2H3,(H,18,21). The molecule has 0 amide bonds. The molecule has 0 fully saturated rings. The van der Waals surface area contributed by atoms with E-state index in [-0.39, 0.29) is 33.9 Å². The van der Waals surface area contributed by atoms with E-state index in [4.69, 9.17) is 9.47 Å². The number of nitro benzene ring substituents is 1. The van der Waals surface area contributed by atoms with Crippen LogP contribution in [-0.4, -0.2) is 21.8 Å². The lowest BCUT2D eigenvalue weighted by Gasteiger charge is -2.34. The summed E-state index contributed by atoms with van der Waals surface area (Å²) < 4.78 is 11.6. The number of benzene rings is 1. The van der Waals surface area contributed by atoms with Crippen LogP contribution >= 0.6 is 0 Å². The molecular formula is C17H14N2O6. The molecular weight excluding hydrogens is 328 g/mol. The Morgan fingerprint density at radius 1 is 1.28 bits per heavy atom. The van der Waals surface area contributed by atoms with Gasteiger partial charge in [-0.05, 0) is 26.0 Å². The Morgan fingerprint density at radius 3 is 2.68 bits per heavy atom. The summed E-state index contributed by atoms with van der Waals surface area (Å²) >= 11 is 0. The number of aromatic nitrogens is 1. The highest BCUT2D eigenvalue weighted by Crippen LogP contribution is 2.42. The number of nitrogens with zero attached hydrogens (tertiary/aromatic N) is 1. The molecule has 0 atom stereocenters. The van der Waals surface area contributed by atoms with Gasteiger partial charge in [0, 0.05) is 24.4 Å². The van der Waals surface area contributed by atoms with E-state index in [1.165, 1.54) is 36.5 Å². The third-order valence-corrected chi connectivity index (χ3v) is 3.76. The van der Waals surface area contributed by atoms with Gasteiger partial charge in [-0.15, -0.1) is 0 Å². The zero-order chi connectivity index (χ0) is 18.2. The van der Waals surface area contributed by atoms with Gasteiger partial charge in [0.1, 0.15) is 22.9 Å². The van der Waals surface area contributed by atoms with Crippen molar-refractivity contribution in [2.24, 2.45) is 0 Å². The third-order valence-electron chi connectivity index (χ3n) is 3.76. The number of carbonyl (C=O) groups is 1. The van der Waals surface area contributed by atoms with Crippen molar-refractivity contribution in [3.8, 4) is 11.5 Å². The smallest absolute Gasteiger partial charge is 0.270 e. The molecule has 3 rings (SSSR count). The topological polar surface area (TPSA) is 112 Å². The van der Waals surface area contributed by atoms with Gasteiger partial charge in [0.2, 0.25) is 0 Å². The van der Waals surface area contributed by atoms with E-state index >= 15 is 0 Å². The molecule has 0 radical (unpaired) electrons. The van der Waals surface area contributed by atoms with Gasteiger partial charge in [-0.25, -0.2) is 0 Å². The molecule has 2 heterocycles. The fraction of sp³-hybridized carbons (Fsp3) is 0.176. The molecule has 8 nitrogen and oxygen atoms in total. The molecule has 0 unspecified atom stereocenters. The molecule has 8 heteroatoms. The van der Waals surface area contributed by atoms with Crippen LogP contribution in [0.1, 0.15) is 19.4 Å². The summed E-state index contributed by atoms with van der Waals surface area (Å²) in [5.74, 6) is 0.671. The number of H-pyrrole nitrogens is 1. The molecule has 128 valence electrons. The van der Waals surface area contributed by atoms with E-state index in [1.807, 2.05) is 0 Å². The van der Waals surface area contributed by atoms with Crippen molar-refractivity contribution >= 4 is 17.7 Å². The second-order valence-electron chi connectivity index (χ2n) is 5.90. The van der Waals surface area contributed by atoms with Gasteiger partial charge >= 0.3 is 0 Å². The molecule has 1 aromatic carbocycles. The number of carbonyl (C=O) groups excluding carboxylic acids is 1. The van der Waals surface area contributed by atoms with Crippen LogP contribution in [0.15, 0.2) is 46.9 Å². The number of fused-ring (bicyclic) bond motifs is 1. The quantitative estimate of drug-likeness (QED) is 0.519. The minimum atomic E-state index is -0.999. The maximum absolute atomic E-state index is 11.7. The fourth-order valence-corrected chi connectivity index (χ4v) is 2.56. The van der Waals surface area contributed by atoms with Crippen LogP contribution in [0.3, 0.4) is 0 Å². The van der Waals surface area contributed by atoms with E-state index in [9.17, 15) is 19.7 Å². The SMILES string of the molecule is CC1(C)Oc2ccc([N+](=O)[O-])cc2C(Oc2cc[nH]c(=O)c2)=C1C=O. The van der Waals surface area contributed by atoms with Gasteiger partial charge in [-0.3, -0.25) is 19.7 Å². The largest absolute Gasteiger partial charge is 0.482 e. The van der Waals surface area contributed by atoms with Gasteiger partial charge in [0.15, 0.2) is 6.29 Å². The van der Waals surface area contributed by atoms with Gasteiger partial charge in [0.25, 0.3) is 11.2 Å². The first-order valence-electron chi connectivity index (χ1n) is 7.36. The fourth-order valence-electron chi connectivity index (χ4n) is 2.56. The Bertz CT molecular complexity index is 958. The first-order valence-corrected chi connectivity index (χ1v) is 7.36. The summed E-state index contributed by atoms with van der Waals surface area (Å²) in [7, 11) is 0. The number of rotatable bonds is 4. The van der Waals surface area contributed by atoms with Crippen molar-refractivity contribution in [1.82, 2.24) is 4.98 Å². The lowest BCUT2D eigenvalue weighted by molar-refractivity contribution is -0.384. The number of hydrogen-bond acceptors (Lipinski definition) is 6. The molecule has 0 aliphatic carbocycles. The average Bonchev–Trinajstić information content (AvgIpc) is 2.53. The number of non-ortho nitro benzene ring substituents is 1. The molecule has 25 heavy (non-hydrogen) atoms. The highest BCUT2D eigenvalue weighted by Gasteiger charge is 2.37. The van der Waals surface area contributed by atoms with E-state index in [1.54, 1.807) is 13.8 Å². The summed E-state index contributed by atoms with van der Waals surface area (Å²) in [6.45, 7) is 3.37. The number of pyridine rings is 1. The Balaban J connectivity index is 2.21. The van der Waals surface area contributed by atoms with Crippen molar-refractivity contribution in [1.29, 1.82) is 0 Å². The number of aldehydes is 1. The molecule has 0 spiro atoms. The Hall–Kier alpha value is -3.42. The lowest BCUT2D eigenvalue weighted by atomic mass is 9.91. The lowest BCUT2D eigenvalue weighted by Crippen LogP contribution is -2.36. The van der Waals surface area contributed by atoms with Crippen molar-refractivity contribution in [2.45, 2.75) is 19.4 Å². The Labute approximate surface area is 141 Å². The maximum Gasteiger partial charge on any atom is 0.270 e. The zero-order valence-corrected chi connectivity index (χ0v) is 13.4. The predicted molar refractivity (Wildman–Crippen MR) is 88.5 cm³/mol. The second-order valence-corrected chi connectivity index (χ2v) is 5.90. The number of nitrogens with one attached hydrogen (secondary N) is 1. The second kappa shape index (κ2) is 5.90. The Kier molecular flexibility index (Phi) is 3.88. The summed E-state index contributed by atoms with van der Waals surface area (Å²) in [4.78, 5) is 36.1. The van der Waals surface area contributed by atoms with E-state index in [0.717, 1.165) is 0 Å². The van der Waals surface area contributed by atoms with E-state index in [0.29, 0.717) is 12.0 Å². The molecule has 0 saturated heterocycles. The molecule has 1 N–H and O–H groups in total. The van der Waals surface area contributed by atoms with Crippen molar-refractivity contribution in [3.63, 3.8) is 0 Å². The van der Waals surface area contributed by atoms with Crippen LogP contribution in [0.25, 0.3) is 5.76 Å².